The Morgan fingerprint density at radius 1 is 0.909 bits per heavy atom. The van der Waals surface area contributed by atoms with E-state index in [0.29, 0.717) is 36.1 Å². The Balaban J connectivity index is 1.65. The van der Waals surface area contributed by atoms with Gasteiger partial charge in [0.1, 0.15) is 6.04 Å². The predicted molar refractivity (Wildman–Crippen MR) is 172 cm³/mol. The van der Waals surface area contributed by atoms with Gasteiger partial charge in [-0.3, -0.25) is 14.3 Å². The molecular formula is C31H37N7O5S. The second-order valence-corrected chi connectivity index (χ2v) is 9.92. The predicted octanol–water partition coefficient (Wildman–Crippen LogP) is 3.69. The molecule has 0 radical (unpaired) electrons. The van der Waals surface area contributed by atoms with Gasteiger partial charge in [0.25, 0.3) is 0 Å². The van der Waals surface area contributed by atoms with Crippen LogP contribution in [0.25, 0.3) is 0 Å². The van der Waals surface area contributed by atoms with Crippen LogP contribution >= 0.6 is 12.1 Å². The number of carbonyl (C=O) groups is 3. The first-order valence-corrected chi connectivity index (χ1v) is 14.5. The van der Waals surface area contributed by atoms with E-state index in [4.69, 9.17) is 9.47 Å². The van der Waals surface area contributed by atoms with Crippen molar-refractivity contribution in [2.45, 2.75) is 18.9 Å². The van der Waals surface area contributed by atoms with Crippen LogP contribution in [0, 0.1) is 0 Å². The Morgan fingerprint density at radius 3 is 2.09 bits per heavy atom. The first-order chi connectivity index (χ1) is 21.4. The molecule has 0 aliphatic carbocycles. The third-order valence-corrected chi connectivity index (χ3v) is 6.82. The van der Waals surface area contributed by atoms with E-state index in [-0.39, 0.29) is 31.3 Å². The Labute approximate surface area is 261 Å². The topological polar surface area (TPSA) is 138 Å². The van der Waals surface area contributed by atoms with Gasteiger partial charge in [-0.1, -0.05) is 42.5 Å². The molecule has 3 rings (SSSR count). The van der Waals surface area contributed by atoms with Crippen LogP contribution in [0.4, 0.5) is 16.2 Å². The van der Waals surface area contributed by atoms with Crippen molar-refractivity contribution in [3.63, 3.8) is 0 Å². The van der Waals surface area contributed by atoms with Gasteiger partial charge in [0.2, 0.25) is 23.6 Å². The molecule has 3 aromatic rings. The monoisotopic (exact) mass is 619 g/mol. The molecule has 0 saturated carbocycles. The fourth-order valence-corrected chi connectivity index (χ4v) is 4.49. The molecule has 0 saturated heterocycles. The van der Waals surface area contributed by atoms with Crippen LogP contribution in [0.15, 0.2) is 92.3 Å². The number of benzene rings is 1. The Kier molecular flexibility index (Phi) is 13.7. The summed E-state index contributed by atoms with van der Waals surface area (Å²) in [5.74, 6) is 0.255. The summed E-state index contributed by atoms with van der Waals surface area (Å²) in [6.45, 7) is 7.99. The van der Waals surface area contributed by atoms with E-state index in [9.17, 15) is 14.4 Å². The minimum atomic E-state index is -0.905. The second kappa shape index (κ2) is 17.9. The molecule has 0 bridgehead atoms. The van der Waals surface area contributed by atoms with Crippen LogP contribution in [0.5, 0.6) is 11.8 Å². The van der Waals surface area contributed by atoms with Gasteiger partial charge < -0.3 is 24.6 Å². The number of methoxy groups -OCH3 is 2. The number of anilines is 2. The number of hydrogen-bond donors (Lipinski definition) is 3. The Hall–Kier alpha value is -4.88. The molecule has 2 heterocycles. The van der Waals surface area contributed by atoms with Crippen LogP contribution in [0.1, 0.15) is 12.0 Å². The minimum absolute atomic E-state index is 0.100. The lowest BCUT2D eigenvalue weighted by molar-refractivity contribution is -0.120. The average Bonchev–Trinajstić information content (AvgIpc) is 3.06. The Morgan fingerprint density at radius 2 is 1.55 bits per heavy atom. The molecular weight excluding hydrogens is 582 g/mol. The summed E-state index contributed by atoms with van der Waals surface area (Å²) in [5.41, 5.74) is 2.00. The fraction of sp³-hybridized carbons (Fsp3) is 0.258. The van der Waals surface area contributed by atoms with Gasteiger partial charge in [0.05, 0.1) is 44.5 Å². The number of nitrogens with zero attached hydrogens (tertiary/aromatic N) is 4. The van der Waals surface area contributed by atoms with Crippen molar-refractivity contribution >= 4 is 41.4 Å². The first kappa shape index (κ1) is 33.6. The zero-order valence-corrected chi connectivity index (χ0v) is 25.6. The molecule has 0 fully saturated rings. The highest BCUT2D eigenvalue weighted by molar-refractivity contribution is 7.96. The van der Waals surface area contributed by atoms with Gasteiger partial charge in [-0.2, -0.15) is 0 Å². The third-order valence-electron chi connectivity index (χ3n) is 6.24. The summed E-state index contributed by atoms with van der Waals surface area (Å²) in [5, 5.41) is 2.78. The lowest BCUT2D eigenvalue weighted by atomic mass is 10.0. The number of pyridine rings is 2. The van der Waals surface area contributed by atoms with Crippen molar-refractivity contribution in [3.8, 4) is 11.8 Å². The van der Waals surface area contributed by atoms with Crippen LogP contribution in [0.2, 0.25) is 0 Å². The molecule has 12 nitrogen and oxygen atoms in total. The maximum Gasteiger partial charge on any atom is 0.326 e. The third kappa shape index (κ3) is 10.1. The molecule has 232 valence electrons. The normalized spacial score (nSPS) is 11.0. The summed E-state index contributed by atoms with van der Waals surface area (Å²) >= 11 is 0.826. The van der Waals surface area contributed by atoms with E-state index in [0.717, 1.165) is 17.7 Å². The lowest BCUT2D eigenvalue weighted by Crippen LogP contribution is -2.52. The molecule has 1 atom stereocenters. The van der Waals surface area contributed by atoms with Gasteiger partial charge in [-0.15, -0.1) is 13.2 Å². The number of ether oxygens (including phenoxy) is 2. The zero-order valence-electron chi connectivity index (χ0n) is 24.8. The largest absolute Gasteiger partial charge is 0.481 e. The molecule has 1 aromatic carbocycles. The molecule has 0 spiro atoms. The molecule has 1 unspecified atom stereocenters. The van der Waals surface area contributed by atoms with Crippen LogP contribution in [-0.4, -0.2) is 67.7 Å². The maximum absolute atomic E-state index is 13.9. The minimum Gasteiger partial charge on any atom is -0.481 e. The lowest BCUT2D eigenvalue weighted by Gasteiger charge is -2.28. The van der Waals surface area contributed by atoms with Gasteiger partial charge in [-0.05, 0) is 24.1 Å². The number of nitrogens with one attached hydrogen (secondary N) is 3. The van der Waals surface area contributed by atoms with Crippen LogP contribution in [-0.2, 0) is 16.0 Å². The number of rotatable bonds is 17. The SMILES string of the molecule is C=CCCN(C(=O)C(Cc1ccccc1)NC(=O)NSNCC(=O)N(CC=C)c1ccc(OC)nc1)c1ccc(OC)nc1. The zero-order chi connectivity index (χ0) is 31.7. The summed E-state index contributed by atoms with van der Waals surface area (Å²) in [6, 6.07) is 14.7. The summed E-state index contributed by atoms with van der Waals surface area (Å²) < 4.78 is 15.6. The van der Waals surface area contributed by atoms with Gasteiger partial charge in [0.15, 0.2) is 0 Å². The molecule has 2 aromatic heterocycles. The molecule has 0 aliphatic heterocycles. The number of carbonyl (C=O) groups excluding carboxylic acids is 3. The summed E-state index contributed by atoms with van der Waals surface area (Å²) in [4.78, 5) is 51.1. The van der Waals surface area contributed by atoms with Crippen LogP contribution < -0.4 is 34.0 Å². The maximum atomic E-state index is 13.9. The van der Waals surface area contributed by atoms with E-state index in [1.165, 1.54) is 25.3 Å². The van der Waals surface area contributed by atoms with E-state index in [2.05, 4.69) is 37.9 Å². The van der Waals surface area contributed by atoms with Crippen molar-refractivity contribution in [3.05, 3.63) is 97.9 Å². The quantitative estimate of drug-likeness (QED) is 0.117. The highest BCUT2D eigenvalue weighted by atomic mass is 32.2. The fourth-order valence-electron chi connectivity index (χ4n) is 4.07. The molecule has 44 heavy (non-hydrogen) atoms. The van der Waals surface area contributed by atoms with Crippen molar-refractivity contribution in [2.75, 3.05) is 43.7 Å². The van der Waals surface area contributed by atoms with E-state index in [1.54, 1.807) is 47.5 Å². The second-order valence-electron chi connectivity index (χ2n) is 9.22. The number of aromatic nitrogens is 2. The highest BCUT2D eigenvalue weighted by Crippen LogP contribution is 2.19. The van der Waals surface area contributed by atoms with E-state index in [1.807, 2.05) is 30.3 Å². The number of urea groups is 1. The standard InChI is InChI=1S/C31H37N7O5S/c1-5-7-18-38(25-14-16-28(43-4)33-21-25)30(40)26(19-23-11-9-8-10-12-23)35-31(41)36-44-34-22-29(39)37(17-6-2)24-13-15-27(42-3)32-20-24/h5-6,8-16,20-21,26,34H,1-2,7,17-19,22H2,3-4H3,(H2,35,36,41). The van der Waals surface area contributed by atoms with Crippen molar-refractivity contribution in [1.82, 2.24) is 24.7 Å². The first-order valence-electron chi connectivity index (χ1n) is 13.7. The van der Waals surface area contributed by atoms with Crippen LogP contribution in [0.3, 0.4) is 0 Å². The summed E-state index contributed by atoms with van der Waals surface area (Å²) in [6.07, 6.45) is 7.19. The molecule has 4 amide bonds. The number of hydrogen-bond acceptors (Lipinski definition) is 9. The number of amides is 4. The smallest absolute Gasteiger partial charge is 0.326 e. The van der Waals surface area contributed by atoms with E-state index >= 15 is 0 Å². The van der Waals surface area contributed by atoms with E-state index < -0.39 is 12.1 Å². The molecule has 0 aliphatic rings. The summed E-state index contributed by atoms with van der Waals surface area (Å²) in [7, 11) is 3.02. The molecule has 3 N–H and O–H groups in total. The van der Waals surface area contributed by atoms with Crippen molar-refractivity contribution in [1.29, 1.82) is 0 Å². The Bertz CT molecular complexity index is 1370. The highest BCUT2D eigenvalue weighted by Gasteiger charge is 2.27. The average molecular weight is 620 g/mol. The molecule has 13 heteroatoms. The van der Waals surface area contributed by atoms with Gasteiger partial charge >= 0.3 is 6.03 Å². The van der Waals surface area contributed by atoms with Crippen molar-refractivity contribution in [2.24, 2.45) is 0 Å². The van der Waals surface area contributed by atoms with Gasteiger partial charge in [0, 0.05) is 43.8 Å². The van der Waals surface area contributed by atoms with Gasteiger partial charge in [-0.25, -0.2) is 19.5 Å². The van der Waals surface area contributed by atoms with Crippen molar-refractivity contribution < 1.29 is 23.9 Å².